The second-order valence-electron chi connectivity index (χ2n) is 5.73. The number of hydrogen-bond donors (Lipinski definition) is 3. The van der Waals surface area contributed by atoms with Gasteiger partial charge >= 0.3 is 6.18 Å². The van der Waals surface area contributed by atoms with Crippen molar-refractivity contribution in [3.05, 3.63) is 40.0 Å². The molecule has 0 saturated carbocycles. The van der Waals surface area contributed by atoms with Gasteiger partial charge < -0.3 is 15.7 Å². The van der Waals surface area contributed by atoms with Crippen LogP contribution >= 0.6 is 11.6 Å². The van der Waals surface area contributed by atoms with E-state index in [0.717, 1.165) is 17.2 Å². The summed E-state index contributed by atoms with van der Waals surface area (Å²) < 4.78 is 39.3. The van der Waals surface area contributed by atoms with Gasteiger partial charge in [0, 0.05) is 22.8 Å². The number of nitrogens with one attached hydrogen (secondary N) is 2. The normalized spacial score (nSPS) is 12.8. The smallest absolute Gasteiger partial charge is 0.394 e. The third-order valence-corrected chi connectivity index (χ3v) is 3.63. The first-order chi connectivity index (χ1) is 11.6. The molecule has 1 heterocycles. The summed E-state index contributed by atoms with van der Waals surface area (Å²) in [7, 11) is 0. The summed E-state index contributed by atoms with van der Waals surface area (Å²) in [5.74, 6) is -0.230. The van der Waals surface area contributed by atoms with Gasteiger partial charge in [-0.1, -0.05) is 11.6 Å². The third-order valence-electron chi connectivity index (χ3n) is 3.42. The molecule has 1 aromatic carbocycles. The van der Waals surface area contributed by atoms with Crippen molar-refractivity contribution in [2.45, 2.75) is 33.0 Å². The Hall–Kier alpha value is -2.06. The summed E-state index contributed by atoms with van der Waals surface area (Å²) in [5.41, 5.74) is 1.09. The van der Waals surface area contributed by atoms with Crippen LogP contribution in [0.3, 0.4) is 0 Å². The van der Waals surface area contributed by atoms with E-state index in [9.17, 15) is 13.2 Å². The monoisotopic (exact) mass is 374 g/mol. The number of anilines is 3. The summed E-state index contributed by atoms with van der Waals surface area (Å²) >= 11 is 5.97. The number of alkyl halides is 3. The van der Waals surface area contributed by atoms with Crippen molar-refractivity contribution in [3.63, 3.8) is 0 Å². The molecule has 0 unspecified atom stereocenters. The molecule has 9 heteroatoms. The van der Waals surface area contributed by atoms with Crippen molar-refractivity contribution in [1.29, 1.82) is 0 Å². The van der Waals surface area contributed by atoms with Crippen molar-refractivity contribution in [3.8, 4) is 0 Å². The molecule has 0 radical (unpaired) electrons. The van der Waals surface area contributed by atoms with Gasteiger partial charge in [-0.25, -0.2) is 4.98 Å². The number of aliphatic hydroxyl groups is 1. The van der Waals surface area contributed by atoms with Crippen molar-refractivity contribution in [2.24, 2.45) is 0 Å². The average molecular weight is 375 g/mol. The molecule has 2 rings (SSSR count). The molecule has 1 atom stereocenters. The molecule has 136 valence electrons. The highest BCUT2D eigenvalue weighted by atomic mass is 35.5. The van der Waals surface area contributed by atoms with Gasteiger partial charge in [0.15, 0.2) is 5.69 Å². The Morgan fingerprint density at radius 1 is 1.16 bits per heavy atom. The van der Waals surface area contributed by atoms with E-state index in [1.54, 1.807) is 32.9 Å². The average Bonchev–Trinajstić information content (AvgIpc) is 2.49. The van der Waals surface area contributed by atoms with Gasteiger partial charge in [-0.2, -0.15) is 18.2 Å². The van der Waals surface area contributed by atoms with Gasteiger partial charge in [0.25, 0.3) is 0 Å². The molecule has 5 nitrogen and oxygen atoms in total. The minimum atomic E-state index is -4.62. The molecular weight excluding hydrogens is 357 g/mol. The second-order valence-corrected chi connectivity index (χ2v) is 6.16. The van der Waals surface area contributed by atoms with Gasteiger partial charge in [0.1, 0.15) is 5.82 Å². The zero-order valence-electron chi connectivity index (χ0n) is 13.9. The molecule has 0 spiro atoms. The molecule has 2 aromatic rings. The van der Waals surface area contributed by atoms with Crippen molar-refractivity contribution in [1.82, 2.24) is 9.97 Å². The van der Waals surface area contributed by atoms with E-state index in [2.05, 4.69) is 20.6 Å². The minimum Gasteiger partial charge on any atom is -0.394 e. The highest BCUT2D eigenvalue weighted by molar-refractivity contribution is 6.30. The number of halogens is 4. The van der Waals surface area contributed by atoms with E-state index in [4.69, 9.17) is 16.7 Å². The van der Waals surface area contributed by atoms with Crippen LogP contribution in [0.1, 0.15) is 23.7 Å². The summed E-state index contributed by atoms with van der Waals surface area (Å²) in [6, 6.07) is 3.75. The van der Waals surface area contributed by atoms with E-state index in [-0.39, 0.29) is 18.4 Å². The number of aliphatic hydroxyl groups excluding tert-OH is 1. The SMILES string of the molecule is Cc1cc(Cl)cc(C)c1Nc1cc(C(F)(F)F)nc(N[C@@H](C)CO)n1. The quantitative estimate of drug-likeness (QED) is 0.727. The topological polar surface area (TPSA) is 70.1 Å². The van der Waals surface area contributed by atoms with Crippen molar-refractivity contribution < 1.29 is 18.3 Å². The lowest BCUT2D eigenvalue weighted by molar-refractivity contribution is -0.141. The van der Waals surface area contributed by atoms with E-state index >= 15 is 0 Å². The number of benzene rings is 1. The van der Waals surface area contributed by atoms with Crippen LogP contribution in [0.2, 0.25) is 5.02 Å². The van der Waals surface area contributed by atoms with Crippen LogP contribution in [0.5, 0.6) is 0 Å². The first-order valence-corrected chi connectivity index (χ1v) is 7.85. The van der Waals surface area contributed by atoms with Crippen molar-refractivity contribution >= 4 is 29.1 Å². The lowest BCUT2D eigenvalue weighted by atomic mass is 10.1. The van der Waals surface area contributed by atoms with Gasteiger partial charge in [0.2, 0.25) is 5.95 Å². The highest BCUT2D eigenvalue weighted by Gasteiger charge is 2.34. The van der Waals surface area contributed by atoms with Crippen LogP contribution in [0, 0.1) is 13.8 Å². The van der Waals surface area contributed by atoms with Gasteiger partial charge in [-0.05, 0) is 44.0 Å². The Morgan fingerprint density at radius 3 is 2.28 bits per heavy atom. The van der Waals surface area contributed by atoms with Crippen LogP contribution < -0.4 is 10.6 Å². The molecule has 0 aliphatic carbocycles. The van der Waals surface area contributed by atoms with E-state index in [1.807, 2.05) is 0 Å². The molecule has 0 aliphatic rings. The lowest BCUT2D eigenvalue weighted by Crippen LogP contribution is -2.22. The predicted octanol–water partition coefficient (Wildman–Crippen LogP) is 4.30. The van der Waals surface area contributed by atoms with E-state index in [1.165, 1.54) is 0 Å². The summed E-state index contributed by atoms with van der Waals surface area (Å²) in [4.78, 5) is 7.53. The number of aryl methyl sites for hydroxylation is 2. The van der Waals surface area contributed by atoms with Crippen molar-refractivity contribution in [2.75, 3.05) is 17.2 Å². The Bertz CT molecular complexity index is 745. The molecular formula is C16H18ClF3N4O. The maximum Gasteiger partial charge on any atom is 0.433 e. The molecule has 0 aliphatic heterocycles. The second kappa shape index (κ2) is 7.45. The van der Waals surface area contributed by atoms with E-state index in [0.29, 0.717) is 10.7 Å². The Morgan fingerprint density at radius 2 is 1.76 bits per heavy atom. The van der Waals surface area contributed by atoms with Gasteiger partial charge in [-0.15, -0.1) is 0 Å². The summed E-state index contributed by atoms with van der Waals surface area (Å²) in [5, 5.41) is 15.1. The predicted molar refractivity (Wildman–Crippen MR) is 91.4 cm³/mol. The maximum absolute atomic E-state index is 13.1. The molecule has 1 aromatic heterocycles. The van der Waals surface area contributed by atoms with Gasteiger partial charge in [-0.3, -0.25) is 0 Å². The highest BCUT2D eigenvalue weighted by Crippen LogP contribution is 2.32. The first kappa shape index (κ1) is 19.3. The number of hydrogen-bond acceptors (Lipinski definition) is 5. The Kier molecular flexibility index (Phi) is 5.74. The molecule has 0 bridgehead atoms. The summed E-state index contributed by atoms with van der Waals surface area (Å²) in [6.07, 6.45) is -4.62. The van der Waals surface area contributed by atoms with Crippen LogP contribution in [0.4, 0.5) is 30.6 Å². The molecule has 3 N–H and O–H groups in total. The minimum absolute atomic E-state index is 0.0107. The molecule has 0 fully saturated rings. The van der Waals surface area contributed by atoms with Crippen LogP contribution in [0.25, 0.3) is 0 Å². The number of rotatable bonds is 5. The standard InChI is InChI=1S/C16H18ClF3N4O/c1-8-4-11(17)5-9(2)14(8)23-13-6-12(16(18,19)20)22-15(24-13)21-10(3)7-25/h4-6,10,25H,7H2,1-3H3,(H2,21,22,23,24)/t10-/m0/s1. The fourth-order valence-electron chi connectivity index (χ4n) is 2.22. The van der Waals surface area contributed by atoms with Crippen LogP contribution in [-0.4, -0.2) is 27.7 Å². The zero-order valence-corrected chi connectivity index (χ0v) is 14.6. The lowest BCUT2D eigenvalue weighted by Gasteiger charge is -2.17. The first-order valence-electron chi connectivity index (χ1n) is 7.47. The van der Waals surface area contributed by atoms with E-state index < -0.39 is 17.9 Å². The zero-order chi connectivity index (χ0) is 18.8. The van der Waals surface area contributed by atoms with Gasteiger partial charge in [0.05, 0.1) is 6.61 Å². The van der Waals surface area contributed by atoms with Crippen LogP contribution in [0.15, 0.2) is 18.2 Å². The Labute approximate surface area is 148 Å². The molecule has 0 saturated heterocycles. The fraction of sp³-hybridized carbons (Fsp3) is 0.375. The number of aromatic nitrogens is 2. The molecule has 0 amide bonds. The fourth-order valence-corrected chi connectivity index (χ4v) is 2.55. The Balaban J connectivity index is 2.44. The summed E-state index contributed by atoms with van der Waals surface area (Å²) in [6.45, 7) is 4.92. The number of nitrogens with zero attached hydrogens (tertiary/aromatic N) is 2. The molecule has 25 heavy (non-hydrogen) atoms. The third kappa shape index (κ3) is 4.96. The van der Waals surface area contributed by atoms with Crippen LogP contribution in [-0.2, 0) is 6.18 Å². The maximum atomic E-state index is 13.1. The largest absolute Gasteiger partial charge is 0.433 e.